The average Bonchev–Trinajstić information content (AvgIpc) is 2.48. The average molecular weight is 263 g/mol. The van der Waals surface area contributed by atoms with Gasteiger partial charge in [-0.05, 0) is 43.0 Å². The Bertz CT molecular complexity index is 364. The summed E-state index contributed by atoms with van der Waals surface area (Å²) in [6, 6.07) is 6.04. The van der Waals surface area contributed by atoms with Crippen molar-refractivity contribution >= 4 is 0 Å². The fourth-order valence-corrected chi connectivity index (χ4v) is 2.78. The molecule has 106 valence electrons. The van der Waals surface area contributed by atoms with Gasteiger partial charge < -0.3 is 14.8 Å². The van der Waals surface area contributed by atoms with Crippen LogP contribution in [0.15, 0.2) is 18.2 Å². The lowest BCUT2D eigenvalue weighted by molar-refractivity contribution is 0.341. The highest BCUT2D eigenvalue weighted by Crippen LogP contribution is 2.24. The Morgan fingerprint density at radius 3 is 2.21 bits per heavy atom. The van der Waals surface area contributed by atoms with Gasteiger partial charge in [-0.2, -0.15) is 0 Å². The Morgan fingerprint density at radius 1 is 1.00 bits per heavy atom. The van der Waals surface area contributed by atoms with Gasteiger partial charge in [-0.15, -0.1) is 0 Å². The van der Waals surface area contributed by atoms with Crippen molar-refractivity contribution < 1.29 is 9.47 Å². The van der Waals surface area contributed by atoms with Crippen LogP contribution in [0.2, 0.25) is 0 Å². The molecule has 0 aromatic heterocycles. The molecule has 0 aliphatic heterocycles. The van der Waals surface area contributed by atoms with E-state index in [9.17, 15) is 0 Å². The molecule has 0 atom stereocenters. The molecule has 3 nitrogen and oxygen atoms in total. The lowest BCUT2D eigenvalue weighted by Gasteiger charge is -2.21. The normalized spacial score (nSPS) is 16.3. The second-order valence-corrected chi connectivity index (χ2v) is 5.36. The van der Waals surface area contributed by atoms with Crippen molar-refractivity contribution in [2.75, 3.05) is 20.8 Å². The van der Waals surface area contributed by atoms with Gasteiger partial charge in [-0.1, -0.05) is 19.3 Å². The van der Waals surface area contributed by atoms with E-state index in [4.69, 9.17) is 9.47 Å². The third-order valence-electron chi connectivity index (χ3n) is 3.90. The van der Waals surface area contributed by atoms with Crippen LogP contribution in [-0.4, -0.2) is 20.8 Å². The monoisotopic (exact) mass is 263 g/mol. The quantitative estimate of drug-likeness (QED) is 0.853. The van der Waals surface area contributed by atoms with E-state index in [1.807, 2.05) is 6.07 Å². The van der Waals surface area contributed by atoms with E-state index >= 15 is 0 Å². The first-order chi connectivity index (χ1) is 9.31. The van der Waals surface area contributed by atoms with Crippen LogP contribution in [0.1, 0.15) is 37.7 Å². The molecule has 1 fully saturated rings. The molecule has 1 saturated carbocycles. The summed E-state index contributed by atoms with van der Waals surface area (Å²) >= 11 is 0. The second kappa shape index (κ2) is 7.39. The summed E-state index contributed by atoms with van der Waals surface area (Å²) in [6.07, 6.45) is 6.99. The highest BCUT2D eigenvalue weighted by atomic mass is 16.5. The number of rotatable bonds is 6. The minimum atomic E-state index is 0.855. The number of benzene rings is 1. The molecule has 0 spiro atoms. The Labute approximate surface area is 116 Å². The van der Waals surface area contributed by atoms with Crippen molar-refractivity contribution in [2.24, 2.45) is 5.92 Å². The van der Waals surface area contributed by atoms with Crippen molar-refractivity contribution in [3.63, 3.8) is 0 Å². The SMILES string of the molecule is COc1cc(CNCC2CCCCC2)cc(OC)c1. The summed E-state index contributed by atoms with van der Waals surface area (Å²) < 4.78 is 10.6. The third-order valence-corrected chi connectivity index (χ3v) is 3.90. The van der Waals surface area contributed by atoms with Gasteiger partial charge in [-0.25, -0.2) is 0 Å². The molecular weight excluding hydrogens is 238 g/mol. The zero-order valence-corrected chi connectivity index (χ0v) is 12.1. The van der Waals surface area contributed by atoms with E-state index in [0.29, 0.717) is 0 Å². The van der Waals surface area contributed by atoms with Crippen molar-refractivity contribution in [2.45, 2.75) is 38.6 Å². The molecule has 1 aliphatic rings. The van der Waals surface area contributed by atoms with Gasteiger partial charge in [0.1, 0.15) is 11.5 Å². The summed E-state index contributed by atoms with van der Waals surface area (Å²) in [5.74, 6) is 2.57. The fraction of sp³-hybridized carbons (Fsp3) is 0.625. The van der Waals surface area contributed by atoms with Gasteiger partial charge in [-0.3, -0.25) is 0 Å². The summed E-state index contributed by atoms with van der Waals surface area (Å²) in [7, 11) is 3.38. The Morgan fingerprint density at radius 2 is 1.63 bits per heavy atom. The van der Waals surface area contributed by atoms with Crippen LogP contribution in [0.5, 0.6) is 11.5 Å². The first-order valence-corrected chi connectivity index (χ1v) is 7.24. The van der Waals surface area contributed by atoms with Gasteiger partial charge in [0.25, 0.3) is 0 Å². The van der Waals surface area contributed by atoms with Crippen LogP contribution in [-0.2, 0) is 6.54 Å². The van der Waals surface area contributed by atoms with E-state index < -0.39 is 0 Å². The van der Waals surface area contributed by atoms with Gasteiger partial charge in [0.2, 0.25) is 0 Å². The maximum absolute atomic E-state index is 5.29. The Kier molecular flexibility index (Phi) is 5.52. The largest absolute Gasteiger partial charge is 0.497 e. The van der Waals surface area contributed by atoms with Crippen LogP contribution in [0, 0.1) is 5.92 Å². The number of methoxy groups -OCH3 is 2. The maximum atomic E-state index is 5.29. The predicted molar refractivity (Wildman–Crippen MR) is 77.8 cm³/mol. The summed E-state index contributed by atoms with van der Waals surface area (Å²) in [5, 5.41) is 3.56. The van der Waals surface area contributed by atoms with E-state index in [-0.39, 0.29) is 0 Å². The summed E-state index contributed by atoms with van der Waals surface area (Å²) in [5.41, 5.74) is 1.21. The Balaban J connectivity index is 1.84. The standard InChI is InChI=1S/C16H25NO2/c1-18-15-8-14(9-16(10-15)19-2)12-17-11-13-6-4-3-5-7-13/h8-10,13,17H,3-7,11-12H2,1-2H3. The van der Waals surface area contributed by atoms with Gasteiger partial charge in [0, 0.05) is 12.6 Å². The van der Waals surface area contributed by atoms with Crippen molar-refractivity contribution in [3.8, 4) is 11.5 Å². The second-order valence-electron chi connectivity index (χ2n) is 5.36. The van der Waals surface area contributed by atoms with Crippen molar-refractivity contribution in [1.29, 1.82) is 0 Å². The minimum Gasteiger partial charge on any atom is -0.497 e. The molecule has 19 heavy (non-hydrogen) atoms. The predicted octanol–water partition coefficient (Wildman–Crippen LogP) is 3.37. The lowest BCUT2D eigenvalue weighted by Crippen LogP contribution is -2.24. The molecule has 0 heterocycles. The third kappa shape index (κ3) is 4.43. The zero-order chi connectivity index (χ0) is 13.5. The first kappa shape index (κ1) is 14.2. The van der Waals surface area contributed by atoms with Gasteiger partial charge in [0.05, 0.1) is 14.2 Å². The van der Waals surface area contributed by atoms with Crippen molar-refractivity contribution in [3.05, 3.63) is 23.8 Å². The summed E-state index contributed by atoms with van der Waals surface area (Å²) in [4.78, 5) is 0. The molecule has 2 rings (SSSR count). The highest BCUT2D eigenvalue weighted by molar-refractivity contribution is 5.38. The molecule has 1 aromatic rings. The molecule has 0 saturated heterocycles. The van der Waals surface area contributed by atoms with Crippen LogP contribution in [0.4, 0.5) is 0 Å². The zero-order valence-electron chi connectivity index (χ0n) is 12.1. The Hall–Kier alpha value is -1.22. The molecule has 0 amide bonds. The van der Waals surface area contributed by atoms with Crippen LogP contribution in [0.3, 0.4) is 0 Å². The van der Waals surface area contributed by atoms with E-state index in [1.165, 1.54) is 37.7 Å². The van der Waals surface area contributed by atoms with Crippen molar-refractivity contribution in [1.82, 2.24) is 5.32 Å². The van der Waals surface area contributed by atoms with Gasteiger partial charge in [0.15, 0.2) is 0 Å². The van der Waals surface area contributed by atoms with Gasteiger partial charge >= 0.3 is 0 Å². The molecule has 1 aromatic carbocycles. The molecule has 0 bridgehead atoms. The van der Waals surface area contributed by atoms with E-state index in [1.54, 1.807) is 14.2 Å². The smallest absolute Gasteiger partial charge is 0.122 e. The number of hydrogen-bond acceptors (Lipinski definition) is 3. The molecule has 1 aliphatic carbocycles. The molecular formula is C16H25NO2. The van der Waals surface area contributed by atoms with Crippen LogP contribution >= 0.6 is 0 Å². The first-order valence-electron chi connectivity index (χ1n) is 7.24. The topological polar surface area (TPSA) is 30.5 Å². The molecule has 0 unspecified atom stereocenters. The maximum Gasteiger partial charge on any atom is 0.122 e. The molecule has 0 radical (unpaired) electrons. The molecule has 3 heteroatoms. The lowest BCUT2D eigenvalue weighted by atomic mass is 9.89. The molecule has 1 N–H and O–H groups in total. The highest BCUT2D eigenvalue weighted by Gasteiger charge is 2.12. The fourth-order valence-electron chi connectivity index (χ4n) is 2.78. The number of hydrogen-bond donors (Lipinski definition) is 1. The van der Waals surface area contributed by atoms with E-state index in [0.717, 1.165) is 30.5 Å². The number of ether oxygens (including phenoxy) is 2. The minimum absolute atomic E-state index is 0.855. The van der Waals surface area contributed by atoms with Crippen LogP contribution in [0.25, 0.3) is 0 Å². The number of nitrogens with one attached hydrogen (secondary N) is 1. The summed E-state index contributed by atoms with van der Waals surface area (Å²) in [6.45, 7) is 2.00. The van der Waals surface area contributed by atoms with Crippen LogP contribution < -0.4 is 14.8 Å². The van der Waals surface area contributed by atoms with E-state index in [2.05, 4.69) is 17.4 Å².